The van der Waals surface area contributed by atoms with E-state index >= 15 is 0 Å². The average Bonchev–Trinajstić information content (AvgIpc) is 3.02. The first-order valence-electron chi connectivity index (χ1n) is 8.06. The molecule has 7 nitrogen and oxygen atoms in total. The van der Waals surface area contributed by atoms with E-state index in [1.165, 1.54) is 16.4 Å². The second-order valence-electron chi connectivity index (χ2n) is 5.64. The molecule has 1 atom stereocenters. The van der Waals surface area contributed by atoms with Crippen LogP contribution in [0.5, 0.6) is 5.75 Å². The molecule has 2 aromatic carbocycles. The van der Waals surface area contributed by atoms with Crippen LogP contribution >= 0.6 is 23.4 Å². The number of rotatable bonds is 6. The number of carbonyl (C=O) groups is 1. The molecule has 3 N–H and O–H groups in total. The van der Waals surface area contributed by atoms with Crippen LogP contribution in [0, 0.1) is 0 Å². The van der Waals surface area contributed by atoms with Gasteiger partial charge in [-0.05, 0) is 37.3 Å². The number of anilines is 1. The Morgan fingerprint density at radius 2 is 2.04 bits per heavy atom. The van der Waals surface area contributed by atoms with E-state index in [0.717, 1.165) is 5.56 Å². The highest BCUT2D eigenvalue weighted by Crippen LogP contribution is 2.30. The summed E-state index contributed by atoms with van der Waals surface area (Å²) in [7, 11) is 1.58. The molecule has 0 aliphatic carbocycles. The van der Waals surface area contributed by atoms with Crippen molar-refractivity contribution < 1.29 is 9.53 Å². The highest BCUT2D eigenvalue weighted by molar-refractivity contribution is 8.00. The summed E-state index contributed by atoms with van der Waals surface area (Å²) in [6.45, 7) is 1.77. The molecule has 3 rings (SSSR count). The zero-order valence-corrected chi connectivity index (χ0v) is 16.3. The topological polar surface area (TPSA) is 95.1 Å². The molecule has 0 radical (unpaired) electrons. The maximum Gasteiger partial charge on any atom is 0.237 e. The second kappa shape index (κ2) is 8.32. The minimum atomic E-state index is -0.444. The molecule has 0 aliphatic heterocycles. The first kappa shape index (κ1) is 19.1. The number of nitrogen functional groups attached to an aromatic ring is 1. The maximum absolute atomic E-state index is 12.4. The molecule has 140 valence electrons. The zero-order chi connectivity index (χ0) is 19.4. The number of halogens is 1. The van der Waals surface area contributed by atoms with Crippen LogP contribution in [0.3, 0.4) is 0 Å². The number of amides is 1. The van der Waals surface area contributed by atoms with E-state index in [1.807, 2.05) is 24.3 Å². The Kier molecular flexibility index (Phi) is 5.88. The summed E-state index contributed by atoms with van der Waals surface area (Å²) in [5, 5.41) is 11.6. The number of hydrogen-bond acceptors (Lipinski definition) is 6. The Balaban J connectivity index is 1.74. The van der Waals surface area contributed by atoms with Gasteiger partial charge in [0, 0.05) is 10.7 Å². The third-order valence-corrected chi connectivity index (χ3v) is 5.05. The molecule has 1 heterocycles. The monoisotopic (exact) mass is 403 g/mol. The minimum Gasteiger partial charge on any atom is -0.496 e. The minimum absolute atomic E-state index is 0.191. The zero-order valence-electron chi connectivity index (χ0n) is 14.7. The molecule has 0 saturated carbocycles. The molecule has 0 saturated heterocycles. The molecule has 1 aromatic heterocycles. The summed E-state index contributed by atoms with van der Waals surface area (Å²) in [5.41, 5.74) is 1.35. The standard InChI is InChI=1S/C18H18ClN5O2S/c1-11(17(25)21-13-7-5-6-12(19)10-13)27-18-23-22-16(24(18)20)14-8-3-4-9-15(14)26-2/h3-11H,20H2,1-2H3,(H,21,25). The van der Waals surface area contributed by atoms with Crippen molar-refractivity contribution in [2.45, 2.75) is 17.3 Å². The summed E-state index contributed by atoms with van der Waals surface area (Å²) in [6.07, 6.45) is 0. The van der Waals surface area contributed by atoms with E-state index < -0.39 is 5.25 Å². The van der Waals surface area contributed by atoms with Gasteiger partial charge in [0.1, 0.15) is 5.75 Å². The van der Waals surface area contributed by atoms with Gasteiger partial charge in [-0.2, -0.15) is 0 Å². The van der Waals surface area contributed by atoms with Crippen LogP contribution in [0.2, 0.25) is 5.02 Å². The fraction of sp³-hybridized carbons (Fsp3) is 0.167. The lowest BCUT2D eigenvalue weighted by Gasteiger charge is -2.12. The fourth-order valence-corrected chi connectivity index (χ4v) is 3.35. The predicted octanol–water partition coefficient (Wildman–Crippen LogP) is 3.44. The Morgan fingerprint density at radius 1 is 1.26 bits per heavy atom. The lowest BCUT2D eigenvalue weighted by atomic mass is 10.2. The normalized spacial score (nSPS) is 11.8. The second-order valence-corrected chi connectivity index (χ2v) is 7.38. The van der Waals surface area contributed by atoms with Crippen LogP contribution in [-0.4, -0.2) is 33.1 Å². The van der Waals surface area contributed by atoms with Gasteiger partial charge in [-0.25, -0.2) is 4.68 Å². The Hall–Kier alpha value is -2.71. The Labute approximate surface area is 165 Å². The molecule has 1 unspecified atom stereocenters. The van der Waals surface area contributed by atoms with E-state index in [0.29, 0.717) is 27.4 Å². The van der Waals surface area contributed by atoms with Gasteiger partial charge in [0.2, 0.25) is 11.1 Å². The van der Waals surface area contributed by atoms with Crippen LogP contribution in [0.15, 0.2) is 53.7 Å². The lowest BCUT2D eigenvalue weighted by molar-refractivity contribution is -0.115. The number of para-hydroxylation sites is 1. The van der Waals surface area contributed by atoms with Gasteiger partial charge in [-0.1, -0.05) is 41.6 Å². The number of aromatic nitrogens is 3. The summed E-state index contributed by atoms with van der Waals surface area (Å²) >= 11 is 7.15. The van der Waals surface area contributed by atoms with E-state index in [9.17, 15) is 4.79 Å². The van der Waals surface area contributed by atoms with Gasteiger partial charge in [-0.3, -0.25) is 4.79 Å². The molecule has 0 aliphatic rings. The van der Waals surface area contributed by atoms with Crippen molar-refractivity contribution in [3.63, 3.8) is 0 Å². The highest BCUT2D eigenvalue weighted by Gasteiger charge is 2.21. The molecular weight excluding hydrogens is 386 g/mol. The molecule has 9 heteroatoms. The quantitative estimate of drug-likeness (QED) is 0.483. The molecule has 0 bridgehead atoms. The first-order valence-corrected chi connectivity index (χ1v) is 9.32. The number of nitrogens with two attached hydrogens (primary N) is 1. The summed E-state index contributed by atoms with van der Waals surface area (Å²) in [5.74, 6) is 7.05. The van der Waals surface area contributed by atoms with Crippen molar-refractivity contribution in [3.05, 3.63) is 53.6 Å². The molecule has 1 amide bonds. The van der Waals surface area contributed by atoms with Crippen molar-refractivity contribution >= 4 is 35.0 Å². The number of thioether (sulfide) groups is 1. The smallest absolute Gasteiger partial charge is 0.237 e. The van der Waals surface area contributed by atoms with Crippen molar-refractivity contribution in [1.82, 2.24) is 14.9 Å². The van der Waals surface area contributed by atoms with Gasteiger partial charge in [-0.15, -0.1) is 10.2 Å². The lowest BCUT2D eigenvalue weighted by Crippen LogP contribution is -2.23. The van der Waals surface area contributed by atoms with Gasteiger partial charge < -0.3 is 15.9 Å². The van der Waals surface area contributed by atoms with Crippen LogP contribution in [-0.2, 0) is 4.79 Å². The largest absolute Gasteiger partial charge is 0.496 e. The number of ether oxygens (including phenoxy) is 1. The third kappa shape index (κ3) is 4.35. The van der Waals surface area contributed by atoms with Crippen molar-refractivity contribution in [3.8, 4) is 17.1 Å². The predicted molar refractivity (Wildman–Crippen MR) is 108 cm³/mol. The molecule has 0 fully saturated rings. The van der Waals surface area contributed by atoms with E-state index in [1.54, 1.807) is 38.3 Å². The average molecular weight is 404 g/mol. The molecule has 0 spiro atoms. The van der Waals surface area contributed by atoms with Crippen LogP contribution in [0.4, 0.5) is 5.69 Å². The number of hydrogen-bond donors (Lipinski definition) is 2. The van der Waals surface area contributed by atoms with E-state index in [4.69, 9.17) is 22.2 Å². The number of carbonyl (C=O) groups excluding carboxylic acids is 1. The molecule has 3 aromatic rings. The third-order valence-electron chi connectivity index (χ3n) is 3.76. The van der Waals surface area contributed by atoms with Crippen LogP contribution in [0.1, 0.15) is 6.92 Å². The number of nitrogens with one attached hydrogen (secondary N) is 1. The van der Waals surface area contributed by atoms with Gasteiger partial charge in [0.15, 0.2) is 5.82 Å². The molecule has 27 heavy (non-hydrogen) atoms. The SMILES string of the molecule is COc1ccccc1-c1nnc(SC(C)C(=O)Nc2cccc(Cl)c2)n1N. The summed E-state index contributed by atoms with van der Waals surface area (Å²) in [6, 6.07) is 14.3. The van der Waals surface area contributed by atoms with Crippen molar-refractivity contribution in [2.75, 3.05) is 18.3 Å². The van der Waals surface area contributed by atoms with E-state index in [-0.39, 0.29) is 5.91 Å². The molecular formula is C18H18ClN5O2S. The van der Waals surface area contributed by atoms with E-state index in [2.05, 4.69) is 15.5 Å². The maximum atomic E-state index is 12.4. The summed E-state index contributed by atoms with van der Waals surface area (Å²) < 4.78 is 6.69. The fourth-order valence-electron chi connectivity index (χ4n) is 2.39. The van der Waals surface area contributed by atoms with Crippen molar-refractivity contribution in [2.24, 2.45) is 0 Å². The van der Waals surface area contributed by atoms with Crippen LogP contribution < -0.4 is 15.9 Å². The van der Waals surface area contributed by atoms with Gasteiger partial charge in [0.05, 0.1) is 17.9 Å². The summed E-state index contributed by atoms with van der Waals surface area (Å²) in [4.78, 5) is 12.4. The highest BCUT2D eigenvalue weighted by atomic mass is 35.5. The first-order chi connectivity index (χ1) is 13.0. The number of nitrogens with zero attached hydrogens (tertiary/aromatic N) is 3. The Bertz CT molecular complexity index is 962. The van der Waals surface area contributed by atoms with Crippen molar-refractivity contribution in [1.29, 1.82) is 0 Å². The Morgan fingerprint density at radius 3 is 2.78 bits per heavy atom. The van der Waals surface area contributed by atoms with Crippen LogP contribution in [0.25, 0.3) is 11.4 Å². The van der Waals surface area contributed by atoms with Gasteiger partial charge in [0.25, 0.3) is 0 Å². The number of benzene rings is 2. The number of methoxy groups -OCH3 is 1. The van der Waals surface area contributed by atoms with Gasteiger partial charge >= 0.3 is 0 Å².